The minimum Gasteiger partial charge on any atom is -0.327 e. The summed E-state index contributed by atoms with van der Waals surface area (Å²) in [6.07, 6.45) is 6.90. The Morgan fingerprint density at radius 2 is 2.27 bits per heavy atom. The maximum Gasteiger partial charge on any atom is 0.145 e. The van der Waals surface area contributed by atoms with Gasteiger partial charge in [0.1, 0.15) is 5.82 Å². The zero-order valence-corrected chi connectivity index (χ0v) is 9.10. The first-order valence-corrected chi connectivity index (χ1v) is 5.15. The molecule has 0 spiro atoms. The number of nitrogens with two attached hydrogens (primary N) is 1. The van der Waals surface area contributed by atoms with Crippen LogP contribution in [0.2, 0.25) is 5.02 Å². The average Bonchev–Trinajstić information content (AvgIpc) is 2.22. The van der Waals surface area contributed by atoms with Crippen molar-refractivity contribution in [2.24, 2.45) is 5.73 Å². The van der Waals surface area contributed by atoms with Gasteiger partial charge in [0.05, 0.1) is 5.02 Å². The van der Waals surface area contributed by atoms with Gasteiger partial charge < -0.3 is 5.73 Å². The highest BCUT2D eigenvalue weighted by Crippen LogP contribution is 2.19. The molecular formula is C12H13ClFN. The van der Waals surface area contributed by atoms with Gasteiger partial charge in [-0.2, -0.15) is 0 Å². The highest BCUT2D eigenvalue weighted by atomic mass is 35.5. The molecule has 1 atom stereocenters. The first-order valence-electron chi connectivity index (χ1n) is 4.77. The molecule has 0 fully saturated rings. The third-order valence-corrected chi connectivity index (χ3v) is 2.47. The Labute approximate surface area is 94.4 Å². The summed E-state index contributed by atoms with van der Waals surface area (Å²) in [7, 11) is 0. The van der Waals surface area contributed by atoms with E-state index < -0.39 is 0 Å². The molecule has 0 bridgehead atoms. The molecule has 1 rings (SSSR count). The summed E-state index contributed by atoms with van der Waals surface area (Å²) in [5, 5.41) is 0.136. The zero-order valence-electron chi connectivity index (χ0n) is 8.34. The maximum absolute atomic E-state index is 13.5. The van der Waals surface area contributed by atoms with E-state index in [9.17, 15) is 4.39 Å². The van der Waals surface area contributed by atoms with Gasteiger partial charge in [-0.05, 0) is 24.5 Å². The van der Waals surface area contributed by atoms with Crippen molar-refractivity contribution in [2.75, 3.05) is 0 Å². The number of terminal acetylenes is 1. The Bertz CT molecular complexity index is 370. The number of benzene rings is 1. The standard InChI is InChI=1S/C12H13ClFN/c1-2-3-6-10(15)8-9-5-4-7-11(13)12(9)14/h1,4-5,7,10H,3,6,8,15H2. The van der Waals surface area contributed by atoms with Crippen LogP contribution in [0.1, 0.15) is 18.4 Å². The quantitative estimate of drug-likeness (QED) is 0.784. The Hall–Kier alpha value is -1.04. The van der Waals surface area contributed by atoms with Gasteiger partial charge in [-0.3, -0.25) is 0 Å². The van der Waals surface area contributed by atoms with Crippen molar-refractivity contribution in [2.45, 2.75) is 25.3 Å². The van der Waals surface area contributed by atoms with Gasteiger partial charge in [0.15, 0.2) is 0 Å². The Kier molecular flexibility index (Phi) is 4.61. The second-order valence-electron chi connectivity index (χ2n) is 3.42. The van der Waals surface area contributed by atoms with E-state index in [0.717, 1.165) is 0 Å². The monoisotopic (exact) mass is 225 g/mol. The van der Waals surface area contributed by atoms with Gasteiger partial charge in [0.25, 0.3) is 0 Å². The number of hydrogen-bond acceptors (Lipinski definition) is 1. The van der Waals surface area contributed by atoms with E-state index in [1.807, 2.05) is 0 Å². The summed E-state index contributed by atoms with van der Waals surface area (Å²) in [6, 6.07) is 4.81. The molecule has 1 unspecified atom stereocenters. The second kappa shape index (κ2) is 5.75. The molecule has 0 aliphatic rings. The Balaban J connectivity index is 2.65. The molecule has 0 radical (unpaired) electrons. The van der Waals surface area contributed by atoms with Crippen molar-refractivity contribution in [3.63, 3.8) is 0 Å². The lowest BCUT2D eigenvalue weighted by atomic mass is 10.0. The van der Waals surface area contributed by atoms with Gasteiger partial charge in [-0.1, -0.05) is 23.7 Å². The smallest absolute Gasteiger partial charge is 0.145 e. The van der Waals surface area contributed by atoms with Crippen molar-refractivity contribution in [1.82, 2.24) is 0 Å². The molecule has 80 valence electrons. The van der Waals surface area contributed by atoms with Crippen LogP contribution >= 0.6 is 11.6 Å². The lowest BCUT2D eigenvalue weighted by molar-refractivity contribution is 0.571. The Morgan fingerprint density at radius 3 is 2.93 bits per heavy atom. The van der Waals surface area contributed by atoms with Crippen LogP contribution in [0.4, 0.5) is 4.39 Å². The number of hydrogen-bond donors (Lipinski definition) is 1. The minimum absolute atomic E-state index is 0.117. The summed E-state index contributed by atoms with van der Waals surface area (Å²) in [6.45, 7) is 0. The average molecular weight is 226 g/mol. The molecule has 0 saturated carbocycles. The van der Waals surface area contributed by atoms with Gasteiger partial charge in [-0.15, -0.1) is 12.3 Å². The van der Waals surface area contributed by atoms with Crippen molar-refractivity contribution >= 4 is 11.6 Å². The van der Waals surface area contributed by atoms with Crippen LogP contribution in [0.25, 0.3) is 0 Å². The molecule has 2 N–H and O–H groups in total. The number of halogens is 2. The summed E-state index contributed by atoms with van der Waals surface area (Å²) in [5.41, 5.74) is 6.35. The molecule has 1 aromatic carbocycles. The van der Waals surface area contributed by atoms with E-state index in [1.54, 1.807) is 12.1 Å². The molecule has 3 heteroatoms. The van der Waals surface area contributed by atoms with E-state index in [1.165, 1.54) is 6.07 Å². The van der Waals surface area contributed by atoms with Gasteiger partial charge >= 0.3 is 0 Å². The number of rotatable bonds is 4. The van der Waals surface area contributed by atoms with E-state index in [2.05, 4.69) is 5.92 Å². The molecule has 0 aromatic heterocycles. The van der Waals surface area contributed by atoms with E-state index >= 15 is 0 Å². The van der Waals surface area contributed by atoms with Crippen LogP contribution in [0.3, 0.4) is 0 Å². The minimum atomic E-state index is -0.379. The normalized spacial score (nSPS) is 12.1. The summed E-state index contributed by atoms with van der Waals surface area (Å²) >= 11 is 5.65. The van der Waals surface area contributed by atoms with Crippen LogP contribution in [-0.2, 0) is 6.42 Å². The van der Waals surface area contributed by atoms with Crippen LogP contribution in [-0.4, -0.2) is 6.04 Å². The van der Waals surface area contributed by atoms with Crippen LogP contribution < -0.4 is 5.73 Å². The van der Waals surface area contributed by atoms with Gasteiger partial charge in [0, 0.05) is 12.5 Å². The molecule has 1 nitrogen and oxygen atoms in total. The van der Waals surface area contributed by atoms with Crippen molar-refractivity contribution < 1.29 is 4.39 Å². The SMILES string of the molecule is C#CCCC(N)Cc1cccc(Cl)c1F. The van der Waals surface area contributed by atoms with E-state index in [0.29, 0.717) is 24.8 Å². The van der Waals surface area contributed by atoms with E-state index in [4.69, 9.17) is 23.8 Å². The summed E-state index contributed by atoms with van der Waals surface area (Å²) in [4.78, 5) is 0. The molecule has 0 aliphatic heterocycles. The Morgan fingerprint density at radius 1 is 1.53 bits per heavy atom. The maximum atomic E-state index is 13.5. The highest BCUT2D eigenvalue weighted by Gasteiger charge is 2.09. The van der Waals surface area contributed by atoms with Crippen molar-refractivity contribution in [1.29, 1.82) is 0 Å². The fourth-order valence-electron chi connectivity index (χ4n) is 1.36. The third kappa shape index (κ3) is 3.54. The third-order valence-electron chi connectivity index (χ3n) is 2.17. The fraction of sp³-hybridized carbons (Fsp3) is 0.333. The van der Waals surface area contributed by atoms with Crippen molar-refractivity contribution in [3.05, 3.63) is 34.6 Å². The zero-order chi connectivity index (χ0) is 11.3. The highest BCUT2D eigenvalue weighted by molar-refractivity contribution is 6.30. The van der Waals surface area contributed by atoms with Gasteiger partial charge in [0.2, 0.25) is 0 Å². The topological polar surface area (TPSA) is 26.0 Å². The largest absolute Gasteiger partial charge is 0.327 e. The molecule has 15 heavy (non-hydrogen) atoms. The predicted molar refractivity (Wildman–Crippen MR) is 61.2 cm³/mol. The van der Waals surface area contributed by atoms with Crippen molar-refractivity contribution in [3.8, 4) is 12.3 Å². The lowest BCUT2D eigenvalue weighted by Crippen LogP contribution is -2.23. The fourth-order valence-corrected chi connectivity index (χ4v) is 1.55. The molecule has 0 aliphatic carbocycles. The summed E-state index contributed by atoms with van der Waals surface area (Å²) in [5.74, 6) is 2.13. The van der Waals surface area contributed by atoms with Crippen LogP contribution in [0.15, 0.2) is 18.2 Å². The predicted octanol–water partition coefficient (Wildman–Crippen LogP) is 2.76. The first-order chi connectivity index (χ1) is 7.15. The van der Waals surface area contributed by atoms with Crippen LogP contribution in [0.5, 0.6) is 0 Å². The molecule has 1 aromatic rings. The first kappa shape index (κ1) is 12.0. The van der Waals surface area contributed by atoms with Crippen LogP contribution in [0, 0.1) is 18.2 Å². The molecule has 0 saturated heterocycles. The van der Waals surface area contributed by atoms with E-state index in [-0.39, 0.29) is 16.9 Å². The molecular weight excluding hydrogens is 213 g/mol. The molecule has 0 amide bonds. The van der Waals surface area contributed by atoms with Gasteiger partial charge in [-0.25, -0.2) is 4.39 Å². The lowest BCUT2D eigenvalue weighted by Gasteiger charge is -2.10. The molecule has 0 heterocycles. The second-order valence-corrected chi connectivity index (χ2v) is 3.83. The summed E-state index contributed by atoms with van der Waals surface area (Å²) < 4.78 is 13.5.